The van der Waals surface area contributed by atoms with Gasteiger partial charge in [0.25, 0.3) is 0 Å². The summed E-state index contributed by atoms with van der Waals surface area (Å²) in [6, 6.07) is 16.8. The molecular formula is C39H48N6O6. The maximum atomic E-state index is 14.7. The molecule has 270 valence electrons. The van der Waals surface area contributed by atoms with Gasteiger partial charge in [0.2, 0.25) is 11.8 Å². The van der Waals surface area contributed by atoms with Gasteiger partial charge < -0.3 is 25.4 Å². The molecule has 2 fully saturated rings. The number of rotatable bonds is 5. The van der Waals surface area contributed by atoms with Crippen molar-refractivity contribution < 1.29 is 29.0 Å². The Morgan fingerprint density at radius 3 is 2.14 bits per heavy atom. The number of hydrogen-bond acceptors (Lipinski definition) is 7. The maximum Gasteiger partial charge on any atom is 0.408 e. The predicted molar refractivity (Wildman–Crippen MR) is 191 cm³/mol. The summed E-state index contributed by atoms with van der Waals surface area (Å²) in [6.45, 7) is 9.37. The number of carboxylic acids is 1. The lowest BCUT2D eigenvalue weighted by molar-refractivity contribution is -0.146. The van der Waals surface area contributed by atoms with Crippen molar-refractivity contribution in [1.82, 2.24) is 30.5 Å². The van der Waals surface area contributed by atoms with E-state index >= 15 is 0 Å². The number of alkyl carbamates (subject to hydrolysis) is 1. The number of amides is 3. The topological polar surface area (TPSA) is 156 Å². The Hall–Kier alpha value is -5.00. The standard InChI is InChI=1S/C39H48N6O6/c1-24-14-12-13-19-28-22-39(28,36(48)49)41-34(46)30-21-29(23-44(30)35(47)31(25(2)20-24)40-37(50)51-38(3,4)5)45-42-32(26-15-8-6-9-16-26)33(43-45)27-17-10-7-11-18-27/h6-11,13,15-19,24-25,28-31H,12,14,20-23H2,1-5H3,(H,40,50)(H,41,46)(H,48,49)/b19-13-/t24?,25?,28?,29-,30+,31+,39?/m1/s1. The maximum absolute atomic E-state index is 14.7. The van der Waals surface area contributed by atoms with Crippen molar-refractivity contribution in [2.24, 2.45) is 17.8 Å². The molecule has 3 aliphatic rings. The quantitative estimate of drug-likeness (QED) is 0.291. The lowest BCUT2D eigenvalue weighted by Crippen LogP contribution is -2.58. The number of ether oxygens (including phenoxy) is 1. The molecule has 1 saturated heterocycles. The first-order valence-corrected chi connectivity index (χ1v) is 17.9. The number of fused-ring (bicyclic) bond motifs is 2. The first kappa shape index (κ1) is 35.8. The molecule has 2 aromatic carbocycles. The van der Waals surface area contributed by atoms with E-state index in [1.165, 1.54) is 4.90 Å². The minimum atomic E-state index is -1.45. The number of carboxylic acid groups (broad SMARTS) is 1. The molecule has 0 radical (unpaired) electrons. The molecule has 7 atom stereocenters. The summed E-state index contributed by atoms with van der Waals surface area (Å²) in [6.07, 6.45) is 5.76. The van der Waals surface area contributed by atoms with Crippen LogP contribution < -0.4 is 10.6 Å². The lowest BCUT2D eigenvalue weighted by Gasteiger charge is -2.33. The Morgan fingerprint density at radius 2 is 1.57 bits per heavy atom. The Morgan fingerprint density at radius 1 is 0.961 bits per heavy atom. The van der Waals surface area contributed by atoms with Crippen LogP contribution in [0.2, 0.25) is 0 Å². The van der Waals surface area contributed by atoms with Gasteiger partial charge in [-0.05, 0) is 58.3 Å². The predicted octanol–water partition coefficient (Wildman–Crippen LogP) is 5.62. The van der Waals surface area contributed by atoms with Gasteiger partial charge in [0, 0.05) is 30.0 Å². The second-order valence-corrected chi connectivity index (χ2v) is 15.4. The van der Waals surface area contributed by atoms with Crippen LogP contribution >= 0.6 is 0 Å². The highest BCUT2D eigenvalue weighted by atomic mass is 16.6. The van der Waals surface area contributed by atoms with Crippen LogP contribution in [0.4, 0.5) is 4.79 Å². The van der Waals surface area contributed by atoms with E-state index in [1.807, 2.05) is 79.7 Å². The lowest BCUT2D eigenvalue weighted by atomic mass is 9.88. The number of carbonyl (C=O) groups is 4. The third-order valence-corrected chi connectivity index (χ3v) is 10.1. The average Bonchev–Trinajstić information content (AvgIpc) is 3.39. The number of hydrogen-bond donors (Lipinski definition) is 3. The Labute approximate surface area is 298 Å². The zero-order valence-corrected chi connectivity index (χ0v) is 29.9. The van der Waals surface area contributed by atoms with Crippen LogP contribution in [-0.2, 0) is 19.1 Å². The van der Waals surface area contributed by atoms with Crippen LogP contribution in [0.3, 0.4) is 0 Å². The number of nitrogens with zero attached hydrogens (tertiary/aromatic N) is 4. The SMILES string of the molecule is CC1CC/C=C\C2CC2(C(=O)O)NC(=O)[C@@H]2C[C@@H](n3nc(-c4ccccc4)c(-c4ccccc4)n3)CN2C(=O)[C@@H](NC(=O)OC(C)(C)C)C(C)C1. The largest absolute Gasteiger partial charge is 0.479 e. The number of nitrogens with one attached hydrogen (secondary N) is 2. The highest BCUT2D eigenvalue weighted by molar-refractivity contribution is 5.96. The van der Waals surface area contributed by atoms with E-state index in [-0.39, 0.29) is 37.1 Å². The van der Waals surface area contributed by atoms with Gasteiger partial charge in [0.15, 0.2) is 0 Å². The molecule has 6 rings (SSSR count). The summed E-state index contributed by atoms with van der Waals surface area (Å²) >= 11 is 0. The van der Waals surface area contributed by atoms with Crippen LogP contribution in [0.15, 0.2) is 72.8 Å². The molecule has 3 aromatic rings. The van der Waals surface area contributed by atoms with Crippen LogP contribution in [-0.4, -0.2) is 78.6 Å². The molecule has 1 saturated carbocycles. The van der Waals surface area contributed by atoms with Gasteiger partial charge in [0.1, 0.15) is 34.6 Å². The molecule has 1 aliphatic carbocycles. The fraction of sp³-hybridized carbons (Fsp3) is 0.487. The summed E-state index contributed by atoms with van der Waals surface area (Å²) in [5, 5.41) is 25.8. The van der Waals surface area contributed by atoms with Gasteiger partial charge in [-0.25, -0.2) is 9.59 Å². The number of carbonyl (C=O) groups excluding carboxylic acids is 3. The van der Waals surface area contributed by atoms with Crippen molar-refractivity contribution in [3.8, 4) is 22.5 Å². The van der Waals surface area contributed by atoms with E-state index in [9.17, 15) is 24.3 Å². The molecule has 3 heterocycles. The van der Waals surface area contributed by atoms with E-state index in [0.29, 0.717) is 17.8 Å². The van der Waals surface area contributed by atoms with Gasteiger partial charge in [-0.15, -0.1) is 0 Å². The Bertz CT molecular complexity index is 1730. The molecule has 1 aromatic heterocycles. The number of benzene rings is 2. The fourth-order valence-corrected chi connectivity index (χ4v) is 7.40. The van der Waals surface area contributed by atoms with E-state index in [4.69, 9.17) is 14.9 Å². The van der Waals surface area contributed by atoms with Gasteiger partial charge in [-0.2, -0.15) is 15.0 Å². The Balaban J connectivity index is 1.39. The van der Waals surface area contributed by atoms with Crippen LogP contribution in [0.5, 0.6) is 0 Å². The van der Waals surface area contributed by atoms with Gasteiger partial charge in [-0.1, -0.05) is 86.7 Å². The van der Waals surface area contributed by atoms with E-state index < -0.39 is 53.1 Å². The molecule has 12 nitrogen and oxygen atoms in total. The minimum absolute atomic E-state index is 0.0756. The summed E-state index contributed by atoms with van der Waals surface area (Å²) in [5.41, 5.74) is 0.813. The minimum Gasteiger partial charge on any atom is -0.479 e. The highest BCUT2D eigenvalue weighted by Crippen LogP contribution is 2.46. The normalized spacial score (nSPS) is 29.1. The third-order valence-electron chi connectivity index (χ3n) is 10.1. The zero-order valence-electron chi connectivity index (χ0n) is 29.9. The molecule has 4 unspecified atom stereocenters. The summed E-state index contributed by atoms with van der Waals surface area (Å²) in [5.74, 6) is -2.55. The van der Waals surface area contributed by atoms with Crippen molar-refractivity contribution >= 4 is 23.9 Å². The average molecular weight is 697 g/mol. The van der Waals surface area contributed by atoms with Crippen molar-refractivity contribution in [2.45, 2.75) is 96.0 Å². The Kier molecular flexibility index (Phi) is 10.1. The number of allylic oxidation sites excluding steroid dienone is 1. The molecule has 12 heteroatoms. The molecule has 51 heavy (non-hydrogen) atoms. The van der Waals surface area contributed by atoms with Crippen molar-refractivity contribution in [3.63, 3.8) is 0 Å². The third kappa shape index (κ3) is 7.84. The van der Waals surface area contributed by atoms with E-state index in [1.54, 1.807) is 25.6 Å². The van der Waals surface area contributed by atoms with Gasteiger partial charge in [-0.3, -0.25) is 9.59 Å². The molecule has 2 aliphatic heterocycles. The number of aromatic nitrogens is 3. The molecule has 3 amide bonds. The van der Waals surface area contributed by atoms with Gasteiger partial charge in [0.05, 0.1) is 6.04 Å². The smallest absolute Gasteiger partial charge is 0.408 e. The van der Waals surface area contributed by atoms with E-state index in [0.717, 1.165) is 24.0 Å². The molecule has 0 bridgehead atoms. The molecule has 3 N–H and O–H groups in total. The number of aliphatic carboxylic acids is 1. The summed E-state index contributed by atoms with van der Waals surface area (Å²) in [4.78, 5) is 57.7. The van der Waals surface area contributed by atoms with Gasteiger partial charge >= 0.3 is 12.1 Å². The first-order valence-electron chi connectivity index (χ1n) is 17.9. The second kappa shape index (κ2) is 14.3. The molecule has 0 spiro atoms. The van der Waals surface area contributed by atoms with Crippen molar-refractivity contribution in [3.05, 3.63) is 72.8 Å². The summed E-state index contributed by atoms with van der Waals surface area (Å²) in [7, 11) is 0. The highest BCUT2D eigenvalue weighted by Gasteiger charge is 2.61. The van der Waals surface area contributed by atoms with Crippen LogP contribution in [0.1, 0.15) is 72.8 Å². The second-order valence-electron chi connectivity index (χ2n) is 15.4. The van der Waals surface area contributed by atoms with Crippen LogP contribution in [0.25, 0.3) is 22.5 Å². The first-order chi connectivity index (χ1) is 24.3. The van der Waals surface area contributed by atoms with Crippen LogP contribution in [0, 0.1) is 17.8 Å². The zero-order chi connectivity index (χ0) is 36.5. The fourth-order valence-electron chi connectivity index (χ4n) is 7.40. The monoisotopic (exact) mass is 696 g/mol. The van der Waals surface area contributed by atoms with Crippen molar-refractivity contribution in [1.29, 1.82) is 0 Å². The summed E-state index contributed by atoms with van der Waals surface area (Å²) < 4.78 is 5.57. The van der Waals surface area contributed by atoms with Crippen molar-refractivity contribution in [2.75, 3.05) is 6.54 Å². The van der Waals surface area contributed by atoms with E-state index in [2.05, 4.69) is 17.6 Å². The molecular weight excluding hydrogens is 648 g/mol.